The van der Waals surface area contributed by atoms with Crippen LogP contribution in [0.3, 0.4) is 0 Å². The van der Waals surface area contributed by atoms with Crippen molar-refractivity contribution in [3.63, 3.8) is 0 Å². The molecule has 1 aromatic heterocycles. The molecule has 12 heteroatoms. The van der Waals surface area contributed by atoms with Gasteiger partial charge in [0.2, 0.25) is 0 Å². The fourth-order valence-electron chi connectivity index (χ4n) is 4.46. The molecule has 36 heavy (non-hydrogen) atoms. The van der Waals surface area contributed by atoms with E-state index in [0.29, 0.717) is 24.4 Å². The number of fused-ring (bicyclic) bond motifs is 5. The highest BCUT2D eigenvalue weighted by atomic mass is 31.2. The van der Waals surface area contributed by atoms with Gasteiger partial charge >= 0.3 is 12.2 Å². The van der Waals surface area contributed by atoms with Crippen LogP contribution in [0.25, 0.3) is 17.0 Å². The minimum atomic E-state index is -4.85. The highest BCUT2D eigenvalue weighted by molar-refractivity contribution is 7.68. The van der Waals surface area contributed by atoms with Crippen molar-refractivity contribution in [3.05, 3.63) is 59.7 Å². The molecule has 2 N–H and O–H groups in total. The van der Waals surface area contributed by atoms with E-state index in [1.54, 1.807) is 24.3 Å². The summed E-state index contributed by atoms with van der Waals surface area (Å²) in [5.41, 5.74) is -0.894. The molecule has 190 valence electrons. The van der Waals surface area contributed by atoms with Crippen LogP contribution in [0.5, 0.6) is 11.8 Å². The number of benzene rings is 1. The Morgan fingerprint density at radius 2 is 1.72 bits per heavy atom. The van der Waals surface area contributed by atoms with Gasteiger partial charge in [-0.1, -0.05) is 25.3 Å². The predicted molar refractivity (Wildman–Crippen MR) is 132 cm³/mol. The van der Waals surface area contributed by atoms with Crippen LogP contribution < -0.4 is 20.1 Å². The Hall–Kier alpha value is -3.30. The van der Waals surface area contributed by atoms with E-state index in [-0.39, 0.29) is 65.5 Å². The van der Waals surface area contributed by atoms with Crippen molar-refractivity contribution in [2.75, 3.05) is 51.0 Å². The number of ether oxygens (including phenoxy) is 2. The van der Waals surface area contributed by atoms with E-state index in [0.717, 1.165) is 0 Å². The quantitative estimate of drug-likeness (QED) is 0.535. The first-order valence-corrected chi connectivity index (χ1v) is 13.4. The molecule has 0 saturated carbocycles. The topological polar surface area (TPSA) is 88.6 Å². The smallest absolute Gasteiger partial charge is 0.419 e. The van der Waals surface area contributed by atoms with E-state index >= 15 is 0 Å². The maximum Gasteiger partial charge on any atom is 0.419 e. The first-order chi connectivity index (χ1) is 17.1. The Morgan fingerprint density at radius 1 is 1.03 bits per heavy atom. The number of rotatable bonds is 1. The molecule has 3 aliphatic rings. The molecule has 3 aliphatic heterocycles. The van der Waals surface area contributed by atoms with Gasteiger partial charge in [-0.05, 0) is 19.2 Å². The van der Waals surface area contributed by atoms with Crippen LogP contribution in [-0.2, 0) is 4.57 Å². The maximum absolute atomic E-state index is 14.7. The van der Waals surface area contributed by atoms with Crippen LogP contribution in [0.15, 0.2) is 42.9 Å². The van der Waals surface area contributed by atoms with Gasteiger partial charge in [0.1, 0.15) is 37.6 Å². The Balaban J connectivity index is 1.73. The Kier molecular flexibility index (Phi) is 6.08. The fraction of sp³-hybridized carbons (Fsp3) is 0.333. The summed E-state index contributed by atoms with van der Waals surface area (Å²) in [4.78, 5) is 10.4. The molecule has 0 unspecified atom stereocenters. The second-order valence-electron chi connectivity index (χ2n) is 8.84. The average molecular weight is 519 g/mol. The van der Waals surface area contributed by atoms with Crippen LogP contribution in [0.2, 0.25) is 0 Å². The first kappa shape index (κ1) is 24.4. The molecular weight excluding hydrogens is 494 g/mol. The zero-order chi connectivity index (χ0) is 25.7. The van der Waals surface area contributed by atoms with E-state index in [4.69, 9.17) is 9.47 Å². The van der Waals surface area contributed by atoms with E-state index in [1.165, 1.54) is 0 Å². The Labute approximate surface area is 206 Å². The summed E-state index contributed by atoms with van der Waals surface area (Å²) < 4.78 is 69.5. The van der Waals surface area contributed by atoms with Crippen LogP contribution in [0.4, 0.5) is 19.0 Å². The lowest BCUT2D eigenvalue weighted by atomic mass is 9.99. The van der Waals surface area contributed by atoms with Crippen molar-refractivity contribution in [1.29, 1.82) is 0 Å². The van der Waals surface area contributed by atoms with E-state index in [1.807, 2.05) is 11.9 Å². The van der Waals surface area contributed by atoms with Crippen molar-refractivity contribution in [1.82, 2.24) is 20.2 Å². The Bertz CT molecular complexity index is 1330. The number of anilines is 1. The molecule has 0 radical (unpaired) electrons. The molecular formula is C24H25F3N5O3P. The monoisotopic (exact) mass is 519 g/mol. The van der Waals surface area contributed by atoms with Gasteiger partial charge in [-0.3, -0.25) is 0 Å². The lowest BCUT2D eigenvalue weighted by Crippen LogP contribution is -2.35. The van der Waals surface area contributed by atoms with Crippen LogP contribution in [0.1, 0.15) is 16.8 Å². The standard InChI is InChI=1S/C24H25F3N5O3P/c1-14-16-6-4-5-7-17(16)34-10-11-35-23-30-20-15(2)29-22(36(33)12-8-32(3)9-13-36)19(24(25,26)27)18(20)21(28-14)31-23/h4-7,29H,1-2,8-13H2,3H3,(H,28,30,31). The number of hydrogen-bond donors (Lipinski definition) is 2. The maximum atomic E-state index is 14.7. The molecule has 0 spiro atoms. The normalized spacial score (nSPS) is 20.1. The van der Waals surface area contributed by atoms with Gasteiger partial charge < -0.3 is 29.6 Å². The number of hydrogen-bond acceptors (Lipinski definition) is 8. The third-order valence-electron chi connectivity index (χ3n) is 6.36. The molecule has 0 atom stereocenters. The SMILES string of the molecule is C=C1Nc2nc(nc3c2C(C(F)(F)F)=C(P2(=O)CCN(C)CC2)NC3=C)OCCOc2ccccc21. The van der Waals surface area contributed by atoms with Crippen LogP contribution >= 0.6 is 7.14 Å². The second-order valence-corrected chi connectivity index (χ2v) is 12.0. The van der Waals surface area contributed by atoms with Gasteiger partial charge in [0, 0.05) is 36.7 Å². The summed E-state index contributed by atoms with van der Waals surface area (Å²) in [6, 6.07) is 6.87. The van der Waals surface area contributed by atoms with Gasteiger partial charge in [-0.25, -0.2) is 0 Å². The van der Waals surface area contributed by atoms with Crippen LogP contribution in [0, 0.1) is 0 Å². The predicted octanol–water partition coefficient (Wildman–Crippen LogP) is 4.44. The third kappa shape index (κ3) is 4.37. The highest BCUT2D eigenvalue weighted by Gasteiger charge is 2.48. The number of alkyl halides is 3. The van der Waals surface area contributed by atoms with Gasteiger partial charge in [0.05, 0.1) is 22.3 Å². The molecule has 2 aromatic rings. The molecule has 8 nitrogen and oxygen atoms in total. The van der Waals surface area contributed by atoms with E-state index in [2.05, 4.69) is 33.8 Å². The lowest BCUT2D eigenvalue weighted by molar-refractivity contribution is -0.0694. The van der Waals surface area contributed by atoms with Crippen molar-refractivity contribution in [2.45, 2.75) is 6.18 Å². The zero-order valence-electron chi connectivity index (χ0n) is 19.6. The fourth-order valence-corrected chi connectivity index (χ4v) is 7.45. The summed E-state index contributed by atoms with van der Waals surface area (Å²) in [6.45, 7) is 9.00. The molecule has 2 bridgehead atoms. The number of aromatic nitrogens is 2. The number of allylic oxidation sites excluding steroid dienone is 1. The third-order valence-corrected chi connectivity index (χ3v) is 9.36. The molecule has 1 saturated heterocycles. The number of nitrogens with zero attached hydrogens (tertiary/aromatic N) is 3. The largest absolute Gasteiger partial charge is 0.489 e. The van der Waals surface area contributed by atoms with Crippen molar-refractivity contribution < 1.29 is 27.2 Å². The van der Waals surface area contributed by atoms with Gasteiger partial charge in [0.25, 0.3) is 0 Å². The second kappa shape index (κ2) is 8.97. The minimum Gasteiger partial charge on any atom is -0.489 e. The average Bonchev–Trinajstić information content (AvgIpc) is 2.85. The first-order valence-electron chi connectivity index (χ1n) is 11.3. The van der Waals surface area contributed by atoms with E-state index < -0.39 is 18.9 Å². The van der Waals surface area contributed by atoms with Gasteiger partial charge in [-0.15, -0.1) is 0 Å². The zero-order valence-corrected chi connectivity index (χ0v) is 20.5. The van der Waals surface area contributed by atoms with Gasteiger partial charge in [-0.2, -0.15) is 23.1 Å². The van der Waals surface area contributed by atoms with Gasteiger partial charge in [0.15, 0.2) is 0 Å². The minimum absolute atomic E-state index is 0.0644. The molecule has 5 rings (SSSR count). The van der Waals surface area contributed by atoms with Crippen molar-refractivity contribution in [3.8, 4) is 11.8 Å². The summed E-state index contributed by atoms with van der Waals surface area (Å²) in [5, 5.41) is 5.65. The number of para-hydroxylation sites is 1. The molecule has 4 heterocycles. The molecule has 1 fully saturated rings. The van der Waals surface area contributed by atoms with Crippen LogP contribution in [-0.4, -0.2) is 66.7 Å². The summed E-state index contributed by atoms with van der Waals surface area (Å²) in [5.74, 6) is 0.328. The van der Waals surface area contributed by atoms with Crippen molar-refractivity contribution >= 4 is 29.9 Å². The summed E-state index contributed by atoms with van der Waals surface area (Å²) >= 11 is 0. The van der Waals surface area contributed by atoms with Crippen molar-refractivity contribution in [2.24, 2.45) is 0 Å². The molecule has 0 amide bonds. The molecule has 0 aliphatic carbocycles. The summed E-state index contributed by atoms with van der Waals surface area (Å²) in [6.07, 6.45) is -4.61. The van der Waals surface area contributed by atoms with E-state index in [9.17, 15) is 17.7 Å². The summed E-state index contributed by atoms with van der Waals surface area (Å²) in [7, 11) is -1.57. The lowest BCUT2D eigenvalue weighted by Gasteiger charge is -2.36. The number of nitrogens with one attached hydrogen (secondary N) is 2. The highest BCUT2D eigenvalue weighted by Crippen LogP contribution is 2.61. The molecule has 1 aromatic carbocycles. The Morgan fingerprint density at radius 3 is 2.44 bits per heavy atom. The number of halogens is 3.